The van der Waals surface area contributed by atoms with Crippen LogP contribution in [0.25, 0.3) is 5.65 Å². The quantitative estimate of drug-likeness (QED) is 0.782. The normalized spacial score (nSPS) is 16.6. The van der Waals surface area contributed by atoms with Gasteiger partial charge in [-0.2, -0.15) is 4.52 Å². The Morgan fingerprint density at radius 2 is 2.16 bits per heavy atom. The van der Waals surface area contributed by atoms with Crippen molar-refractivity contribution >= 4 is 11.5 Å². The van der Waals surface area contributed by atoms with Gasteiger partial charge in [0.05, 0.1) is 13.2 Å². The van der Waals surface area contributed by atoms with Gasteiger partial charge in [-0.1, -0.05) is 6.07 Å². The lowest BCUT2D eigenvalue weighted by molar-refractivity contribution is 0.137. The fraction of sp³-hybridized carbons (Fsp3) is 0.312. The molecule has 1 aliphatic heterocycles. The lowest BCUT2D eigenvalue weighted by atomic mass is 10.0. The molecule has 7 nitrogen and oxygen atoms in total. The van der Waals surface area contributed by atoms with E-state index in [1.54, 1.807) is 19.2 Å². The second kappa shape index (κ2) is 6.15. The highest BCUT2D eigenvalue weighted by Gasteiger charge is 2.22. The van der Waals surface area contributed by atoms with Crippen LogP contribution in [0.3, 0.4) is 0 Å². The Kier molecular flexibility index (Phi) is 3.83. The number of aromatic nitrogens is 4. The lowest BCUT2D eigenvalue weighted by Gasteiger charge is -2.26. The smallest absolute Gasteiger partial charge is 0.299 e. The van der Waals surface area contributed by atoms with Crippen LogP contribution in [0, 0.1) is 0 Å². The summed E-state index contributed by atoms with van der Waals surface area (Å²) in [6.45, 7) is 0.434. The van der Waals surface area contributed by atoms with E-state index in [0.717, 1.165) is 28.0 Å². The van der Waals surface area contributed by atoms with Gasteiger partial charge in [0.15, 0.2) is 5.65 Å². The van der Waals surface area contributed by atoms with Crippen molar-refractivity contribution in [2.75, 3.05) is 19.0 Å². The van der Waals surface area contributed by atoms with Crippen molar-refractivity contribution < 1.29 is 18.3 Å². The first-order valence-electron chi connectivity index (χ1n) is 7.71. The van der Waals surface area contributed by atoms with Crippen molar-refractivity contribution in [2.24, 2.45) is 0 Å². The number of ether oxygens (including phenoxy) is 2. The number of hydrogen-bond donors (Lipinski definition) is 1. The van der Waals surface area contributed by atoms with Crippen molar-refractivity contribution in [3.05, 3.63) is 41.7 Å². The summed E-state index contributed by atoms with van der Waals surface area (Å²) in [4.78, 5) is 0. The third-order valence-corrected chi connectivity index (χ3v) is 4.01. The second-order valence-electron chi connectivity index (χ2n) is 5.68. The number of hydrogen-bond acceptors (Lipinski definition) is 6. The molecule has 25 heavy (non-hydrogen) atoms. The van der Waals surface area contributed by atoms with E-state index in [-0.39, 0.29) is 11.7 Å². The summed E-state index contributed by atoms with van der Waals surface area (Å²) in [5.41, 5.74) is 1.32. The van der Waals surface area contributed by atoms with Gasteiger partial charge < -0.3 is 14.8 Å². The third-order valence-electron chi connectivity index (χ3n) is 4.01. The van der Waals surface area contributed by atoms with Gasteiger partial charge in [0.1, 0.15) is 23.9 Å². The number of rotatable bonds is 4. The molecule has 3 heterocycles. The number of nitrogens with zero attached hydrogens (tertiary/aromatic N) is 4. The molecule has 0 saturated heterocycles. The van der Waals surface area contributed by atoms with Gasteiger partial charge >= 0.3 is 0 Å². The predicted octanol–water partition coefficient (Wildman–Crippen LogP) is 2.49. The van der Waals surface area contributed by atoms with Crippen LogP contribution in [0.5, 0.6) is 11.5 Å². The SMILES string of the molecule is COc1ccc2c(c1)OC[C@@H](Nc1ccc3nnc(C(F)F)n3n1)C2. The molecule has 4 rings (SSSR count). The zero-order valence-electron chi connectivity index (χ0n) is 13.3. The average molecular weight is 347 g/mol. The van der Waals surface area contributed by atoms with Crippen molar-refractivity contribution in [1.29, 1.82) is 0 Å². The molecule has 0 fully saturated rings. The maximum absolute atomic E-state index is 12.9. The average Bonchev–Trinajstić information content (AvgIpc) is 3.04. The maximum Gasteiger partial charge on any atom is 0.299 e. The lowest BCUT2D eigenvalue weighted by Crippen LogP contribution is -2.33. The van der Waals surface area contributed by atoms with E-state index >= 15 is 0 Å². The summed E-state index contributed by atoms with van der Waals surface area (Å²) in [5, 5.41) is 14.5. The standard InChI is InChI=1S/C16H15F2N5O2/c1-24-11-3-2-9-6-10(8-25-12(9)7-11)19-13-4-5-14-20-21-16(15(17)18)23(14)22-13/h2-5,7,10,15H,6,8H2,1H3,(H,19,22)/t10-/m0/s1. The predicted molar refractivity (Wildman–Crippen MR) is 85.3 cm³/mol. The molecule has 9 heteroatoms. The Bertz CT molecular complexity index is 915. The number of anilines is 1. The minimum atomic E-state index is -2.74. The zero-order valence-corrected chi connectivity index (χ0v) is 13.3. The molecule has 0 aliphatic carbocycles. The molecule has 1 aliphatic rings. The summed E-state index contributed by atoms with van der Waals surface area (Å²) in [6.07, 6.45) is -2.01. The molecule has 0 radical (unpaired) electrons. The summed E-state index contributed by atoms with van der Waals surface area (Å²) in [7, 11) is 1.61. The second-order valence-corrected chi connectivity index (χ2v) is 5.68. The summed E-state index contributed by atoms with van der Waals surface area (Å²) in [6, 6.07) is 8.92. The largest absolute Gasteiger partial charge is 0.497 e. The van der Waals surface area contributed by atoms with Crippen LogP contribution in [0.1, 0.15) is 17.8 Å². The molecule has 0 amide bonds. The number of alkyl halides is 2. The van der Waals surface area contributed by atoms with Crippen molar-refractivity contribution in [1.82, 2.24) is 19.8 Å². The third kappa shape index (κ3) is 2.92. The Balaban J connectivity index is 1.54. The van der Waals surface area contributed by atoms with Gasteiger partial charge in [-0.25, -0.2) is 8.78 Å². The van der Waals surface area contributed by atoms with Crippen LogP contribution in [0.4, 0.5) is 14.6 Å². The molecule has 0 spiro atoms. The Labute approximate surface area is 141 Å². The highest BCUT2D eigenvalue weighted by Crippen LogP contribution is 2.29. The first-order valence-corrected chi connectivity index (χ1v) is 7.71. The highest BCUT2D eigenvalue weighted by atomic mass is 19.3. The summed E-state index contributed by atoms with van der Waals surface area (Å²) < 4.78 is 37.9. The number of fused-ring (bicyclic) bond motifs is 2. The van der Waals surface area contributed by atoms with Crippen molar-refractivity contribution in [3.8, 4) is 11.5 Å². The van der Waals surface area contributed by atoms with Crippen LogP contribution >= 0.6 is 0 Å². The Morgan fingerprint density at radius 1 is 1.28 bits per heavy atom. The van der Waals surface area contributed by atoms with E-state index in [0.29, 0.717) is 12.4 Å². The van der Waals surface area contributed by atoms with Gasteiger partial charge in [0, 0.05) is 6.07 Å². The molecule has 1 N–H and O–H groups in total. The van der Waals surface area contributed by atoms with Gasteiger partial charge in [-0.3, -0.25) is 0 Å². The van der Waals surface area contributed by atoms with E-state index in [9.17, 15) is 8.78 Å². The highest BCUT2D eigenvalue weighted by molar-refractivity contribution is 5.47. The van der Waals surface area contributed by atoms with Crippen LogP contribution < -0.4 is 14.8 Å². The monoisotopic (exact) mass is 347 g/mol. The molecule has 1 aromatic carbocycles. The van der Waals surface area contributed by atoms with Crippen LogP contribution in [-0.4, -0.2) is 39.6 Å². The van der Waals surface area contributed by atoms with E-state index < -0.39 is 12.2 Å². The maximum atomic E-state index is 12.9. The fourth-order valence-electron chi connectivity index (χ4n) is 2.80. The molecular formula is C16H15F2N5O2. The van der Waals surface area contributed by atoms with Crippen LogP contribution in [0.2, 0.25) is 0 Å². The molecule has 0 saturated carbocycles. The van der Waals surface area contributed by atoms with Gasteiger partial charge in [-0.05, 0) is 30.2 Å². The first-order chi connectivity index (χ1) is 12.1. The van der Waals surface area contributed by atoms with Gasteiger partial charge in [0.2, 0.25) is 5.82 Å². The van der Waals surface area contributed by atoms with E-state index in [2.05, 4.69) is 20.6 Å². The minimum Gasteiger partial charge on any atom is -0.497 e. The van der Waals surface area contributed by atoms with Gasteiger partial charge in [0.25, 0.3) is 6.43 Å². The van der Waals surface area contributed by atoms with Crippen LogP contribution in [-0.2, 0) is 6.42 Å². The molecular weight excluding hydrogens is 332 g/mol. The number of methoxy groups -OCH3 is 1. The minimum absolute atomic E-state index is 0.0303. The molecule has 2 aromatic heterocycles. The molecule has 0 unspecified atom stereocenters. The van der Waals surface area contributed by atoms with Crippen molar-refractivity contribution in [2.45, 2.75) is 18.9 Å². The molecule has 1 atom stereocenters. The molecule has 3 aromatic rings. The fourth-order valence-corrected chi connectivity index (χ4v) is 2.80. The van der Waals surface area contributed by atoms with E-state index in [1.165, 1.54) is 0 Å². The number of halogens is 2. The topological polar surface area (TPSA) is 73.6 Å². The van der Waals surface area contributed by atoms with Crippen molar-refractivity contribution in [3.63, 3.8) is 0 Å². The van der Waals surface area contributed by atoms with E-state index in [1.807, 2.05) is 18.2 Å². The summed E-state index contributed by atoms with van der Waals surface area (Å²) in [5.74, 6) is 1.51. The Hall–Kier alpha value is -2.97. The Morgan fingerprint density at radius 3 is 2.96 bits per heavy atom. The van der Waals surface area contributed by atoms with Gasteiger partial charge in [-0.15, -0.1) is 15.3 Å². The zero-order chi connectivity index (χ0) is 17.4. The summed E-state index contributed by atoms with van der Waals surface area (Å²) >= 11 is 0. The molecule has 130 valence electrons. The van der Waals surface area contributed by atoms with Crippen LogP contribution in [0.15, 0.2) is 30.3 Å². The van der Waals surface area contributed by atoms with E-state index in [4.69, 9.17) is 9.47 Å². The number of benzene rings is 1. The number of nitrogens with one attached hydrogen (secondary N) is 1. The first kappa shape index (κ1) is 15.6. The molecule has 0 bridgehead atoms.